The Kier molecular flexibility index (Phi) is 6.12. The second-order valence-corrected chi connectivity index (χ2v) is 5.04. The second kappa shape index (κ2) is 7.36. The van der Waals surface area contributed by atoms with Gasteiger partial charge in [-0.25, -0.2) is 0 Å². The Morgan fingerprint density at radius 1 is 1.44 bits per heavy atom. The van der Waals surface area contributed by atoms with Crippen LogP contribution in [0.15, 0.2) is 0 Å². The van der Waals surface area contributed by atoms with E-state index >= 15 is 0 Å². The molecule has 5 nitrogen and oxygen atoms in total. The lowest BCUT2D eigenvalue weighted by molar-refractivity contribution is -0.144. The van der Waals surface area contributed by atoms with Gasteiger partial charge in [-0.05, 0) is 26.3 Å². The third-order valence-corrected chi connectivity index (χ3v) is 3.03. The van der Waals surface area contributed by atoms with Crippen LogP contribution in [0.2, 0.25) is 0 Å². The van der Waals surface area contributed by atoms with Gasteiger partial charge < -0.3 is 10.1 Å². The molecule has 0 spiro atoms. The Labute approximate surface area is 109 Å². The zero-order valence-electron chi connectivity index (χ0n) is 11.6. The molecule has 1 rings (SSSR count). The normalized spacial score (nSPS) is 20.8. The van der Waals surface area contributed by atoms with Crippen LogP contribution in [0.25, 0.3) is 0 Å². The number of nitrogens with one attached hydrogen (secondary N) is 1. The highest BCUT2D eigenvalue weighted by molar-refractivity contribution is 5.78. The van der Waals surface area contributed by atoms with Crippen molar-refractivity contribution in [3.63, 3.8) is 0 Å². The number of piperidine rings is 1. The van der Waals surface area contributed by atoms with E-state index in [-0.39, 0.29) is 23.8 Å². The van der Waals surface area contributed by atoms with Crippen molar-refractivity contribution in [2.75, 3.05) is 26.2 Å². The quantitative estimate of drug-likeness (QED) is 0.739. The maximum absolute atomic E-state index is 11.6. The summed E-state index contributed by atoms with van der Waals surface area (Å²) in [5.74, 6) is -0.100. The Bertz CT molecular complexity index is 292. The first-order valence-corrected chi connectivity index (χ1v) is 6.71. The van der Waals surface area contributed by atoms with Crippen molar-refractivity contribution in [2.24, 2.45) is 5.92 Å². The predicted octanol–water partition coefficient (Wildman–Crippen LogP) is 0.786. The van der Waals surface area contributed by atoms with Crippen molar-refractivity contribution in [3.05, 3.63) is 0 Å². The number of esters is 1. The highest BCUT2D eigenvalue weighted by Crippen LogP contribution is 2.10. The summed E-state index contributed by atoms with van der Waals surface area (Å²) in [6.45, 7) is 7.94. The molecule has 1 unspecified atom stereocenters. The van der Waals surface area contributed by atoms with E-state index in [0.29, 0.717) is 13.2 Å². The molecule has 0 bridgehead atoms. The number of hydrogen-bond acceptors (Lipinski definition) is 4. The van der Waals surface area contributed by atoms with E-state index in [1.54, 1.807) is 6.92 Å². The highest BCUT2D eigenvalue weighted by atomic mass is 16.5. The van der Waals surface area contributed by atoms with Crippen LogP contribution in [-0.2, 0) is 14.3 Å². The van der Waals surface area contributed by atoms with Crippen molar-refractivity contribution in [1.29, 1.82) is 0 Å². The van der Waals surface area contributed by atoms with Crippen molar-refractivity contribution >= 4 is 11.9 Å². The minimum atomic E-state index is -0.187. The lowest BCUT2D eigenvalue weighted by atomic mass is 10.0. The van der Waals surface area contributed by atoms with Gasteiger partial charge in [0.25, 0.3) is 0 Å². The highest BCUT2D eigenvalue weighted by Gasteiger charge is 2.23. The zero-order chi connectivity index (χ0) is 13.5. The van der Waals surface area contributed by atoms with Crippen molar-refractivity contribution in [2.45, 2.75) is 39.7 Å². The minimum absolute atomic E-state index is 0.00503. The molecule has 1 fully saturated rings. The smallest absolute Gasteiger partial charge is 0.320 e. The molecule has 1 saturated heterocycles. The lowest BCUT2D eigenvalue weighted by Gasteiger charge is -2.32. The van der Waals surface area contributed by atoms with E-state index < -0.39 is 0 Å². The Hall–Kier alpha value is -1.10. The zero-order valence-corrected chi connectivity index (χ0v) is 11.6. The van der Waals surface area contributed by atoms with E-state index in [1.165, 1.54) is 0 Å². The summed E-state index contributed by atoms with van der Waals surface area (Å²) < 4.78 is 4.93. The fourth-order valence-electron chi connectivity index (χ4n) is 2.07. The fraction of sp³-hybridized carbons (Fsp3) is 0.846. The summed E-state index contributed by atoms with van der Waals surface area (Å²) >= 11 is 0. The van der Waals surface area contributed by atoms with Crippen LogP contribution >= 0.6 is 0 Å². The predicted molar refractivity (Wildman–Crippen MR) is 69.1 cm³/mol. The molecule has 1 aliphatic rings. The van der Waals surface area contributed by atoms with Crippen molar-refractivity contribution in [3.8, 4) is 0 Å². The molecular formula is C13H24N2O3. The van der Waals surface area contributed by atoms with Gasteiger partial charge in [-0.3, -0.25) is 14.5 Å². The number of ether oxygens (including phenoxy) is 1. The second-order valence-electron chi connectivity index (χ2n) is 5.04. The molecule has 0 aromatic heterocycles. The monoisotopic (exact) mass is 256 g/mol. The number of likely N-dealkylation sites (tertiary alicyclic amines) is 1. The number of nitrogens with zero attached hydrogens (tertiary/aromatic N) is 1. The molecule has 1 amide bonds. The Morgan fingerprint density at radius 2 is 2.17 bits per heavy atom. The van der Waals surface area contributed by atoms with E-state index in [9.17, 15) is 9.59 Å². The summed E-state index contributed by atoms with van der Waals surface area (Å²) in [7, 11) is 0. The molecule has 18 heavy (non-hydrogen) atoms. The van der Waals surface area contributed by atoms with Gasteiger partial charge in [0.05, 0.1) is 13.2 Å². The third-order valence-electron chi connectivity index (χ3n) is 3.03. The summed E-state index contributed by atoms with van der Waals surface area (Å²) in [6, 6.07) is 0.156. The van der Waals surface area contributed by atoms with Crippen LogP contribution < -0.4 is 5.32 Å². The molecule has 0 radical (unpaired) electrons. The van der Waals surface area contributed by atoms with Gasteiger partial charge in [0.2, 0.25) is 5.91 Å². The summed E-state index contributed by atoms with van der Waals surface area (Å²) in [4.78, 5) is 25.1. The van der Waals surface area contributed by atoms with Crippen molar-refractivity contribution < 1.29 is 14.3 Å². The van der Waals surface area contributed by atoms with Gasteiger partial charge in [-0.1, -0.05) is 13.8 Å². The third kappa shape index (κ3) is 5.04. The van der Waals surface area contributed by atoms with Gasteiger partial charge in [-0.2, -0.15) is 0 Å². The first-order valence-electron chi connectivity index (χ1n) is 6.71. The molecule has 1 N–H and O–H groups in total. The molecule has 0 aliphatic carbocycles. The molecule has 5 heteroatoms. The number of rotatable bonds is 5. The van der Waals surface area contributed by atoms with Gasteiger partial charge in [0.1, 0.15) is 0 Å². The molecule has 104 valence electrons. The minimum Gasteiger partial charge on any atom is -0.465 e. The maximum Gasteiger partial charge on any atom is 0.320 e. The van der Waals surface area contributed by atoms with Crippen LogP contribution in [0.5, 0.6) is 0 Å². The molecule has 1 atom stereocenters. The number of amides is 1. The van der Waals surface area contributed by atoms with Crippen LogP contribution in [0.1, 0.15) is 33.6 Å². The first kappa shape index (κ1) is 15.0. The van der Waals surface area contributed by atoms with Gasteiger partial charge in [0.15, 0.2) is 0 Å². The van der Waals surface area contributed by atoms with Crippen LogP contribution in [-0.4, -0.2) is 49.1 Å². The SMILES string of the molecule is CCOC(=O)CN1CCCC(NC(=O)C(C)C)C1. The van der Waals surface area contributed by atoms with Crippen LogP contribution in [0.4, 0.5) is 0 Å². The number of carbonyl (C=O) groups excluding carboxylic acids is 2. The van der Waals surface area contributed by atoms with Gasteiger partial charge in [0, 0.05) is 18.5 Å². The van der Waals surface area contributed by atoms with E-state index in [4.69, 9.17) is 4.74 Å². The number of hydrogen-bond donors (Lipinski definition) is 1. The summed E-state index contributed by atoms with van der Waals surface area (Å²) in [5, 5.41) is 3.02. The largest absolute Gasteiger partial charge is 0.465 e. The van der Waals surface area contributed by atoms with Crippen LogP contribution in [0, 0.1) is 5.92 Å². The van der Waals surface area contributed by atoms with Crippen LogP contribution in [0.3, 0.4) is 0 Å². The Balaban J connectivity index is 2.36. The average Bonchev–Trinajstić information content (AvgIpc) is 2.29. The molecule has 0 saturated carbocycles. The lowest BCUT2D eigenvalue weighted by Crippen LogP contribution is -2.49. The first-order chi connectivity index (χ1) is 8.52. The van der Waals surface area contributed by atoms with E-state index in [1.807, 2.05) is 18.7 Å². The molecule has 0 aromatic rings. The average molecular weight is 256 g/mol. The Morgan fingerprint density at radius 3 is 2.78 bits per heavy atom. The molecule has 0 aromatic carbocycles. The summed E-state index contributed by atoms with van der Waals surface area (Å²) in [6.07, 6.45) is 1.99. The topological polar surface area (TPSA) is 58.6 Å². The fourth-order valence-corrected chi connectivity index (χ4v) is 2.07. The standard InChI is InChI=1S/C13H24N2O3/c1-4-18-12(16)9-15-7-5-6-11(8-15)14-13(17)10(2)3/h10-11H,4-9H2,1-3H3,(H,14,17). The summed E-state index contributed by atoms with van der Waals surface area (Å²) in [5.41, 5.74) is 0. The van der Waals surface area contributed by atoms with E-state index in [0.717, 1.165) is 25.9 Å². The molecular weight excluding hydrogens is 232 g/mol. The van der Waals surface area contributed by atoms with Gasteiger partial charge in [-0.15, -0.1) is 0 Å². The maximum atomic E-state index is 11.6. The molecule has 1 aliphatic heterocycles. The van der Waals surface area contributed by atoms with Gasteiger partial charge >= 0.3 is 5.97 Å². The van der Waals surface area contributed by atoms with E-state index in [2.05, 4.69) is 5.32 Å². The number of carbonyl (C=O) groups is 2. The van der Waals surface area contributed by atoms with Crippen molar-refractivity contribution in [1.82, 2.24) is 10.2 Å². The molecule has 1 heterocycles.